The minimum Gasteiger partial charge on any atom is -0.358 e. The predicted molar refractivity (Wildman–Crippen MR) is 42.6 cm³/mol. The zero-order valence-electron chi connectivity index (χ0n) is 5.94. The summed E-state index contributed by atoms with van der Waals surface area (Å²) in [6, 6.07) is 9.42. The fraction of sp³-hybridized carbons (Fsp3) is 0. The standard InChI is InChI=1S/C9H9O2/c10-9(11)7-6-8-4-2-1-3-5-8/h1-7,10-11H. The molecule has 0 amide bonds. The molecular formula is C9H9O2. The zero-order chi connectivity index (χ0) is 8.10. The van der Waals surface area contributed by atoms with E-state index in [9.17, 15) is 0 Å². The van der Waals surface area contributed by atoms with Crippen LogP contribution in [0.1, 0.15) is 5.56 Å². The Morgan fingerprint density at radius 3 is 2.27 bits per heavy atom. The van der Waals surface area contributed by atoms with E-state index < -0.39 is 6.29 Å². The highest BCUT2D eigenvalue weighted by atomic mass is 16.5. The van der Waals surface area contributed by atoms with Gasteiger partial charge >= 0.3 is 0 Å². The van der Waals surface area contributed by atoms with Crippen LogP contribution in [0.5, 0.6) is 0 Å². The molecule has 1 rings (SSSR count). The van der Waals surface area contributed by atoms with Gasteiger partial charge in [0, 0.05) is 0 Å². The van der Waals surface area contributed by atoms with Crippen molar-refractivity contribution in [3.63, 3.8) is 0 Å². The number of benzene rings is 1. The Labute approximate surface area is 65.4 Å². The second-order valence-electron chi connectivity index (χ2n) is 2.10. The number of aliphatic hydroxyl groups is 2. The van der Waals surface area contributed by atoms with Crippen LogP contribution in [0.3, 0.4) is 0 Å². The maximum atomic E-state index is 8.40. The summed E-state index contributed by atoms with van der Waals surface area (Å²) < 4.78 is 0. The molecule has 2 heteroatoms. The summed E-state index contributed by atoms with van der Waals surface area (Å²) >= 11 is 0. The van der Waals surface area contributed by atoms with E-state index in [0.717, 1.165) is 5.56 Å². The normalized spacial score (nSPS) is 11.2. The van der Waals surface area contributed by atoms with E-state index in [1.54, 1.807) is 6.08 Å². The van der Waals surface area contributed by atoms with Gasteiger partial charge in [-0.25, -0.2) is 0 Å². The molecule has 0 heterocycles. The van der Waals surface area contributed by atoms with Crippen LogP contribution >= 0.6 is 0 Å². The Morgan fingerprint density at radius 1 is 1.09 bits per heavy atom. The third kappa shape index (κ3) is 2.98. The smallest absolute Gasteiger partial charge is 0.243 e. The second kappa shape index (κ2) is 3.91. The minimum atomic E-state index is -0.672. The maximum absolute atomic E-state index is 8.40. The molecule has 0 atom stereocenters. The van der Waals surface area contributed by atoms with Crippen molar-refractivity contribution in [1.29, 1.82) is 0 Å². The Morgan fingerprint density at radius 2 is 1.73 bits per heavy atom. The van der Waals surface area contributed by atoms with Crippen LogP contribution < -0.4 is 0 Å². The second-order valence-corrected chi connectivity index (χ2v) is 2.10. The predicted octanol–water partition coefficient (Wildman–Crippen LogP) is 1.93. The quantitative estimate of drug-likeness (QED) is 0.674. The average molecular weight is 149 g/mol. The van der Waals surface area contributed by atoms with E-state index in [-0.39, 0.29) is 0 Å². The molecule has 0 bridgehead atoms. The van der Waals surface area contributed by atoms with Crippen LogP contribution in [0.25, 0.3) is 6.08 Å². The molecule has 0 spiro atoms. The number of rotatable bonds is 2. The lowest BCUT2D eigenvalue weighted by Gasteiger charge is -1.91. The van der Waals surface area contributed by atoms with Crippen LogP contribution in [0.2, 0.25) is 0 Å². The first-order valence-corrected chi connectivity index (χ1v) is 3.27. The molecule has 11 heavy (non-hydrogen) atoms. The summed E-state index contributed by atoms with van der Waals surface area (Å²) in [5.74, 6) is 0. The van der Waals surface area contributed by atoms with E-state index in [1.165, 1.54) is 6.08 Å². The highest BCUT2D eigenvalue weighted by Crippen LogP contribution is 2.02. The van der Waals surface area contributed by atoms with Gasteiger partial charge in [-0.05, 0) is 11.6 Å². The largest absolute Gasteiger partial charge is 0.358 e. The summed E-state index contributed by atoms with van der Waals surface area (Å²) in [6.45, 7) is 0. The molecule has 0 saturated heterocycles. The number of hydrogen-bond acceptors (Lipinski definition) is 2. The highest BCUT2D eigenvalue weighted by Gasteiger charge is 1.89. The molecule has 2 nitrogen and oxygen atoms in total. The topological polar surface area (TPSA) is 40.5 Å². The van der Waals surface area contributed by atoms with Gasteiger partial charge in [0.1, 0.15) is 0 Å². The van der Waals surface area contributed by atoms with Crippen molar-refractivity contribution in [3.05, 3.63) is 48.3 Å². The summed E-state index contributed by atoms with van der Waals surface area (Å²) in [7, 11) is 0. The third-order valence-electron chi connectivity index (χ3n) is 1.22. The van der Waals surface area contributed by atoms with Gasteiger partial charge in [-0.3, -0.25) is 0 Å². The summed E-state index contributed by atoms with van der Waals surface area (Å²) in [5.41, 5.74) is 0.938. The van der Waals surface area contributed by atoms with Crippen molar-refractivity contribution in [3.8, 4) is 0 Å². The number of hydrogen-bond donors (Lipinski definition) is 2. The van der Waals surface area contributed by atoms with Crippen LogP contribution in [0.4, 0.5) is 0 Å². The van der Waals surface area contributed by atoms with Gasteiger partial charge in [-0.2, -0.15) is 0 Å². The van der Waals surface area contributed by atoms with Crippen LogP contribution in [-0.2, 0) is 0 Å². The van der Waals surface area contributed by atoms with Gasteiger partial charge in [-0.15, -0.1) is 0 Å². The van der Waals surface area contributed by atoms with Gasteiger partial charge < -0.3 is 10.2 Å². The first kappa shape index (κ1) is 7.98. The highest BCUT2D eigenvalue weighted by molar-refractivity contribution is 5.49. The Balaban J connectivity index is 2.65. The van der Waals surface area contributed by atoms with Gasteiger partial charge in [-0.1, -0.05) is 36.4 Å². The van der Waals surface area contributed by atoms with Crippen molar-refractivity contribution in [2.45, 2.75) is 0 Å². The van der Waals surface area contributed by atoms with E-state index in [4.69, 9.17) is 10.2 Å². The Kier molecular flexibility index (Phi) is 2.83. The van der Waals surface area contributed by atoms with Crippen molar-refractivity contribution >= 4 is 6.08 Å². The van der Waals surface area contributed by atoms with Crippen LogP contribution in [0.15, 0.2) is 36.4 Å². The fourth-order valence-electron chi connectivity index (χ4n) is 0.735. The molecule has 0 aliphatic rings. The van der Waals surface area contributed by atoms with Gasteiger partial charge in [0.25, 0.3) is 0 Å². The number of aliphatic hydroxyl groups excluding tert-OH is 1. The van der Waals surface area contributed by atoms with E-state index in [1.807, 2.05) is 30.3 Å². The molecule has 0 aromatic heterocycles. The first-order chi connectivity index (χ1) is 5.29. The molecule has 0 fully saturated rings. The van der Waals surface area contributed by atoms with E-state index in [2.05, 4.69) is 0 Å². The lowest BCUT2D eigenvalue weighted by Crippen LogP contribution is -1.84. The summed E-state index contributed by atoms with van der Waals surface area (Å²) in [5, 5.41) is 16.8. The molecule has 0 unspecified atom stereocenters. The van der Waals surface area contributed by atoms with E-state index in [0.29, 0.717) is 0 Å². The molecular weight excluding hydrogens is 140 g/mol. The molecule has 57 valence electrons. The molecule has 1 aromatic carbocycles. The van der Waals surface area contributed by atoms with Gasteiger partial charge in [0.05, 0.1) is 0 Å². The molecule has 0 saturated carbocycles. The third-order valence-corrected chi connectivity index (χ3v) is 1.22. The lowest BCUT2D eigenvalue weighted by molar-refractivity contribution is 0.116. The van der Waals surface area contributed by atoms with E-state index >= 15 is 0 Å². The van der Waals surface area contributed by atoms with Crippen molar-refractivity contribution in [2.24, 2.45) is 0 Å². The van der Waals surface area contributed by atoms with Gasteiger partial charge in [0.2, 0.25) is 6.29 Å². The van der Waals surface area contributed by atoms with Crippen LogP contribution in [0, 0.1) is 6.29 Å². The Hall–Kier alpha value is -1.12. The summed E-state index contributed by atoms with van der Waals surface area (Å²) in [6.07, 6.45) is 2.18. The van der Waals surface area contributed by atoms with Crippen molar-refractivity contribution in [2.75, 3.05) is 0 Å². The van der Waals surface area contributed by atoms with Crippen molar-refractivity contribution < 1.29 is 10.2 Å². The fourth-order valence-corrected chi connectivity index (χ4v) is 0.735. The molecule has 1 aromatic rings. The molecule has 2 N–H and O–H groups in total. The maximum Gasteiger partial charge on any atom is 0.243 e. The van der Waals surface area contributed by atoms with Gasteiger partial charge in [0.15, 0.2) is 0 Å². The first-order valence-electron chi connectivity index (χ1n) is 3.27. The molecule has 1 radical (unpaired) electrons. The Bertz CT molecular complexity index is 227. The monoisotopic (exact) mass is 149 g/mol. The SMILES string of the molecule is O[C](O)C=Cc1ccccc1. The minimum absolute atomic E-state index is 0.672. The lowest BCUT2D eigenvalue weighted by atomic mass is 10.2. The zero-order valence-corrected chi connectivity index (χ0v) is 5.94. The summed E-state index contributed by atoms with van der Waals surface area (Å²) in [4.78, 5) is 0. The molecule has 0 aliphatic carbocycles. The average Bonchev–Trinajstić information content (AvgIpc) is 2.03. The van der Waals surface area contributed by atoms with Crippen molar-refractivity contribution in [1.82, 2.24) is 0 Å². The van der Waals surface area contributed by atoms with Crippen LogP contribution in [-0.4, -0.2) is 10.2 Å². The molecule has 0 aliphatic heterocycles.